The molecule has 3 rings (SSSR count). The van der Waals surface area contributed by atoms with Crippen LogP contribution in [0.15, 0.2) is 54.6 Å². The van der Waals surface area contributed by atoms with Crippen molar-refractivity contribution in [3.63, 3.8) is 0 Å². The minimum atomic E-state index is -0.0219. The molecule has 0 saturated carbocycles. The van der Waals surface area contributed by atoms with Crippen LogP contribution in [-0.2, 0) is 6.61 Å². The second-order valence-electron chi connectivity index (χ2n) is 15.8. The van der Waals surface area contributed by atoms with Crippen LogP contribution in [-0.4, -0.2) is 31.5 Å². The molecule has 0 atom stereocenters. The van der Waals surface area contributed by atoms with Crippen molar-refractivity contribution in [2.24, 2.45) is 0 Å². The van der Waals surface area contributed by atoms with E-state index in [0.717, 1.165) is 76.5 Å². The van der Waals surface area contributed by atoms with Gasteiger partial charge in [-0.3, -0.25) is 0 Å². The van der Waals surface area contributed by atoms with E-state index in [-0.39, 0.29) is 6.61 Å². The van der Waals surface area contributed by atoms with Gasteiger partial charge < -0.3 is 24.1 Å². The van der Waals surface area contributed by atoms with E-state index in [1.54, 1.807) is 0 Å². The standard InChI is InChI=1S/C51H80O5/c1-5-9-13-17-21-25-35-53-48-33-30-44(40-50(48)55-37-27-23-19-15-11-7-3)46-32-29-43(42-52)39-47(46)45-31-34-49(54-36-26-22-18-14-10-6-2)51(41-45)56-38-28-24-20-16-12-8-4/h29-34,39-41,52H,5-28,35-38,42H2,1-4H3. The van der Waals surface area contributed by atoms with Gasteiger partial charge in [0.05, 0.1) is 33.0 Å². The van der Waals surface area contributed by atoms with Crippen molar-refractivity contribution in [2.45, 2.75) is 188 Å². The molecule has 0 amide bonds. The molecular formula is C51H80O5. The molecule has 3 aromatic carbocycles. The molecule has 0 radical (unpaired) electrons. The Morgan fingerprint density at radius 3 is 1.05 bits per heavy atom. The summed E-state index contributed by atoms with van der Waals surface area (Å²) in [5, 5.41) is 10.2. The molecule has 0 fully saturated rings. The number of unbranched alkanes of at least 4 members (excludes halogenated alkanes) is 20. The fourth-order valence-electron chi connectivity index (χ4n) is 7.25. The van der Waals surface area contributed by atoms with Crippen LogP contribution in [0.3, 0.4) is 0 Å². The van der Waals surface area contributed by atoms with Gasteiger partial charge in [0.25, 0.3) is 0 Å². The highest BCUT2D eigenvalue weighted by molar-refractivity contribution is 5.85. The Bertz CT molecular complexity index is 1420. The van der Waals surface area contributed by atoms with Gasteiger partial charge in [-0.2, -0.15) is 0 Å². The Morgan fingerprint density at radius 1 is 0.339 bits per heavy atom. The van der Waals surface area contributed by atoms with Crippen LogP contribution in [0, 0.1) is 0 Å². The van der Waals surface area contributed by atoms with Crippen LogP contribution in [0.1, 0.15) is 187 Å². The summed E-state index contributed by atoms with van der Waals surface area (Å²) in [5.41, 5.74) is 5.10. The van der Waals surface area contributed by atoms with Crippen LogP contribution >= 0.6 is 0 Å². The predicted octanol–water partition coefficient (Wildman–Crippen LogP) is 15.5. The molecule has 5 nitrogen and oxygen atoms in total. The number of ether oxygens (including phenoxy) is 4. The number of hydrogen-bond acceptors (Lipinski definition) is 5. The quantitative estimate of drug-likeness (QED) is 0.0603. The van der Waals surface area contributed by atoms with E-state index in [0.29, 0.717) is 26.4 Å². The number of aliphatic hydroxyl groups is 1. The number of rotatable bonds is 35. The topological polar surface area (TPSA) is 57.2 Å². The molecule has 314 valence electrons. The van der Waals surface area contributed by atoms with Gasteiger partial charge in [0.15, 0.2) is 23.0 Å². The number of hydrogen-bond donors (Lipinski definition) is 1. The molecule has 0 saturated heterocycles. The monoisotopic (exact) mass is 773 g/mol. The van der Waals surface area contributed by atoms with E-state index in [2.05, 4.69) is 76.2 Å². The smallest absolute Gasteiger partial charge is 0.161 e. The first kappa shape index (κ1) is 47.2. The van der Waals surface area contributed by atoms with Gasteiger partial charge in [-0.25, -0.2) is 0 Å². The second kappa shape index (κ2) is 30.9. The van der Waals surface area contributed by atoms with Crippen LogP contribution in [0.2, 0.25) is 0 Å². The predicted molar refractivity (Wildman–Crippen MR) is 239 cm³/mol. The Morgan fingerprint density at radius 2 is 0.679 bits per heavy atom. The first-order valence-electron chi connectivity index (χ1n) is 23.2. The Hall–Kier alpha value is -3.18. The van der Waals surface area contributed by atoms with Gasteiger partial charge >= 0.3 is 0 Å². The summed E-state index contributed by atoms with van der Waals surface area (Å²) >= 11 is 0. The number of aliphatic hydroxyl groups excluding tert-OH is 1. The molecule has 0 unspecified atom stereocenters. The summed E-state index contributed by atoms with van der Waals surface area (Å²) in [6.07, 6.45) is 29.4. The van der Waals surface area contributed by atoms with Crippen molar-refractivity contribution in [3.8, 4) is 45.3 Å². The average molecular weight is 773 g/mol. The maximum atomic E-state index is 10.2. The van der Waals surface area contributed by atoms with Crippen molar-refractivity contribution in [1.82, 2.24) is 0 Å². The molecule has 56 heavy (non-hydrogen) atoms. The molecule has 1 N–H and O–H groups in total. The SMILES string of the molecule is CCCCCCCCOc1ccc(-c2ccc(CO)cc2-c2ccc(OCCCCCCCC)c(OCCCCCCCC)c2)cc1OCCCCCCCC. The van der Waals surface area contributed by atoms with Crippen LogP contribution < -0.4 is 18.9 Å². The van der Waals surface area contributed by atoms with Crippen molar-refractivity contribution in [1.29, 1.82) is 0 Å². The molecule has 0 aliphatic carbocycles. The molecule has 0 aliphatic rings. The van der Waals surface area contributed by atoms with E-state index in [1.165, 1.54) is 128 Å². The summed E-state index contributed by atoms with van der Waals surface area (Å²) in [4.78, 5) is 0. The maximum absolute atomic E-state index is 10.2. The van der Waals surface area contributed by atoms with Crippen molar-refractivity contribution in [3.05, 3.63) is 60.2 Å². The van der Waals surface area contributed by atoms with Crippen LogP contribution in [0.5, 0.6) is 23.0 Å². The molecule has 0 spiro atoms. The zero-order valence-electron chi connectivity index (χ0n) is 36.3. The molecule has 5 heteroatoms. The lowest BCUT2D eigenvalue weighted by Crippen LogP contribution is -2.04. The lowest BCUT2D eigenvalue weighted by Gasteiger charge is -2.18. The number of benzene rings is 3. The van der Waals surface area contributed by atoms with Gasteiger partial charge in [-0.05, 0) is 83.8 Å². The molecular weight excluding hydrogens is 693 g/mol. The largest absolute Gasteiger partial charge is 0.490 e. The van der Waals surface area contributed by atoms with Gasteiger partial charge in [-0.15, -0.1) is 0 Å². The maximum Gasteiger partial charge on any atom is 0.161 e. The third-order valence-electron chi connectivity index (χ3n) is 10.8. The third-order valence-corrected chi connectivity index (χ3v) is 10.8. The summed E-state index contributed by atoms with van der Waals surface area (Å²) in [6.45, 7) is 11.8. The van der Waals surface area contributed by atoms with E-state index in [9.17, 15) is 5.11 Å². The summed E-state index contributed by atoms with van der Waals surface area (Å²) in [6, 6.07) is 19.0. The molecule has 0 bridgehead atoms. The minimum absolute atomic E-state index is 0.0219. The Labute approximate surface area is 343 Å². The van der Waals surface area contributed by atoms with Gasteiger partial charge in [-0.1, -0.05) is 180 Å². The Balaban J connectivity index is 1.86. The highest BCUT2D eigenvalue weighted by Gasteiger charge is 2.16. The van der Waals surface area contributed by atoms with Gasteiger partial charge in [0, 0.05) is 0 Å². The molecule has 0 aliphatic heterocycles. The Kier molecular flexibility index (Phi) is 26.0. The molecule has 3 aromatic rings. The fourth-order valence-corrected chi connectivity index (χ4v) is 7.25. The van der Waals surface area contributed by atoms with Crippen molar-refractivity contribution < 1.29 is 24.1 Å². The van der Waals surface area contributed by atoms with Crippen molar-refractivity contribution in [2.75, 3.05) is 26.4 Å². The third kappa shape index (κ3) is 18.8. The van der Waals surface area contributed by atoms with E-state index in [4.69, 9.17) is 18.9 Å². The zero-order chi connectivity index (χ0) is 39.9. The van der Waals surface area contributed by atoms with E-state index >= 15 is 0 Å². The van der Waals surface area contributed by atoms with Crippen LogP contribution in [0.25, 0.3) is 22.3 Å². The molecule has 0 heterocycles. The van der Waals surface area contributed by atoms with Gasteiger partial charge in [0.1, 0.15) is 0 Å². The second-order valence-corrected chi connectivity index (χ2v) is 15.8. The lowest BCUT2D eigenvalue weighted by molar-refractivity contribution is 0.258. The summed E-state index contributed by atoms with van der Waals surface area (Å²) in [7, 11) is 0. The zero-order valence-corrected chi connectivity index (χ0v) is 36.3. The van der Waals surface area contributed by atoms with Gasteiger partial charge in [0.2, 0.25) is 0 Å². The van der Waals surface area contributed by atoms with E-state index < -0.39 is 0 Å². The highest BCUT2D eigenvalue weighted by atomic mass is 16.5. The summed E-state index contributed by atoms with van der Waals surface area (Å²) < 4.78 is 25.8. The first-order chi connectivity index (χ1) is 27.6. The molecule has 0 aromatic heterocycles. The average Bonchev–Trinajstić information content (AvgIpc) is 3.22. The highest BCUT2D eigenvalue weighted by Crippen LogP contribution is 2.41. The minimum Gasteiger partial charge on any atom is -0.490 e. The normalized spacial score (nSPS) is 11.2. The first-order valence-corrected chi connectivity index (χ1v) is 23.2. The fraction of sp³-hybridized carbons (Fsp3) is 0.647. The lowest BCUT2D eigenvalue weighted by atomic mass is 9.92. The summed E-state index contributed by atoms with van der Waals surface area (Å²) in [5.74, 6) is 3.23. The van der Waals surface area contributed by atoms with E-state index in [1.807, 2.05) is 6.07 Å². The van der Waals surface area contributed by atoms with Crippen LogP contribution in [0.4, 0.5) is 0 Å². The van der Waals surface area contributed by atoms with Crippen molar-refractivity contribution >= 4 is 0 Å².